The number of amides is 1. The highest BCUT2D eigenvalue weighted by molar-refractivity contribution is 5.97. The van der Waals surface area contributed by atoms with Crippen LogP contribution in [0.5, 0.6) is 0 Å². The third kappa shape index (κ3) is 4.44. The van der Waals surface area contributed by atoms with Crippen LogP contribution in [-0.4, -0.2) is 41.0 Å². The Morgan fingerprint density at radius 3 is 2.78 bits per heavy atom. The Labute approximate surface area is 211 Å². The van der Waals surface area contributed by atoms with Gasteiger partial charge in [0.15, 0.2) is 11.5 Å². The van der Waals surface area contributed by atoms with Crippen molar-refractivity contribution in [2.45, 2.75) is 27.2 Å². The zero-order valence-electron chi connectivity index (χ0n) is 20.5. The first-order valence-corrected chi connectivity index (χ1v) is 11.8. The van der Waals surface area contributed by atoms with E-state index in [4.69, 9.17) is 9.40 Å². The largest absolute Gasteiger partial charge is 0.472 e. The fourth-order valence-electron chi connectivity index (χ4n) is 4.27. The third-order valence-corrected chi connectivity index (χ3v) is 5.90. The van der Waals surface area contributed by atoms with Gasteiger partial charge in [0.2, 0.25) is 5.91 Å². The smallest absolute Gasteiger partial charge is 0.224 e. The van der Waals surface area contributed by atoms with Gasteiger partial charge in [-0.15, -0.1) is 0 Å². The molecule has 0 aromatic carbocycles. The summed E-state index contributed by atoms with van der Waals surface area (Å²) < 4.78 is 5.25. The molecular weight excluding hydrogens is 468 g/mol. The Balaban J connectivity index is 1.36. The van der Waals surface area contributed by atoms with Crippen LogP contribution in [0.25, 0.3) is 56.0 Å². The van der Waals surface area contributed by atoms with Gasteiger partial charge in [-0.25, -0.2) is 9.97 Å². The van der Waals surface area contributed by atoms with Crippen LogP contribution in [-0.2, 0) is 4.79 Å². The lowest BCUT2D eigenvalue weighted by molar-refractivity contribution is -0.117. The maximum absolute atomic E-state index is 12.4. The van der Waals surface area contributed by atoms with Crippen LogP contribution in [0.4, 0.5) is 5.69 Å². The molecular formula is C27H24N8O2. The molecule has 0 aliphatic heterocycles. The van der Waals surface area contributed by atoms with Gasteiger partial charge in [0, 0.05) is 40.9 Å². The molecule has 0 unspecified atom stereocenters. The number of rotatable bonds is 5. The number of imidazole rings is 1. The van der Waals surface area contributed by atoms with Gasteiger partial charge in [0.05, 0.1) is 47.3 Å². The van der Waals surface area contributed by atoms with Crippen LogP contribution in [0.3, 0.4) is 0 Å². The van der Waals surface area contributed by atoms with Gasteiger partial charge in [0.25, 0.3) is 0 Å². The second kappa shape index (κ2) is 8.66. The molecule has 6 heterocycles. The van der Waals surface area contributed by atoms with E-state index in [2.05, 4.69) is 35.5 Å². The van der Waals surface area contributed by atoms with E-state index in [1.165, 1.54) is 0 Å². The zero-order chi connectivity index (χ0) is 25.6. The fraction of sp³-hybridized carbons (Fsp3) is 0.185. The molecule has 0 aliphatic rings. The average Bonchev–Trinajstić information content (AvgIpc) is 3.61. The van der Waals surface area contributed by atoms with Crippen molar-refractivity contribution in [2.24, 2.45) is 5.41 Å². The van der Waals surface area contributed by atoms with Crippen molar-refractivity contribution in [1.82, 2.24) is 35.1 Å². The molecule has 6 aromatic heterocycles. The predicted molar refractivity (Wildman–Crippen MR) is 140 cm³/mol. The minimum Gasteiger partial charge on any atom is -0.472 e. The Morgan fingerprint density at radius 1 is 1.08 bits per heavy atom. The highest BCUT2D eigenvalue weighted by Crippen LogP contribution is 2.32. The quantitative estimate of drug-likeness (QED) is 0.285. The zero-order valence-corrected chi connectivity index (χ0v) is 20.5. The monoisotopic (exact) mass is 492 g/mol. The van der Waals surface area contributed by atoms with Crippen molar-refractivity contribution < 1.29 is 9.21 Å². The number of furan rings is 1. The standard InChI is InChI=1S/C27H24N8O2/c1-27(2,3)10-22(36)31-17-8-16(11-28-12-17)20-9-19-21(13-30-20)34-35-24(19)26-32-23-18(15-5-7-37-14-15)4-6-29-25(23)33-26/h4-9,11-14H,10H2,1-3H3,(H,31,36)(H,34,35)(H,29,32,33). The van der Waals surface area contributed by atoms with E-state index < -0.39 is 0 Å². The van der Waals surface area contributed by atoms with Gasteiger partial charge in [-0.3, -0.25) is 19.9 Å². The molecule has 0 spiro atoms. The number of aromatic nitrogens is 7. The second-order valence-corrected chi connectivity index (χ2v) is 10.1. The third-order valence-electron chi connectivity index (χ3n) is 5.90. The Hall–Kier alpha value is -4.86. The van der Waals surface area contributed by atoms with E-state index in [9.17, 15) is 4.79 Å². The maximum Gasteiger partial charge on any atom is 0.224 e. The fourth-order valence-corrected chi connectivity index (χ4v) is 4.27. The molecule has 0 atom stereocenters. The number of carbonyl (C=O) groups excluding carboxylic acids is 1. The van der Waals surface area contributed by atoms with E-state index in [1.807, 2.05) is 45.0 Å². The normalized spacial score (nSPS) is 11.9. The molecule has 10 nitrogen and oxygen atoms in total. The molecule has 184 valence electrons. The summed E-state index contributed by atoms with van der Waals surface area (Å²) >= 11 is 0. The Bertz CT molecular complexity index is 1740. The lowest BCUT2D eigenvalue weighted by atomic mass is 9.92. The van der Waals surface area contributed by atoms with Crippen molar-refractivity contribution in [3.8, 4) is 33.9 Å². The van der Waals surface area contributed by atoms with Crippen molar-refractivity contribution in [3.05, 3.63) is 61.6 Å². The van der Waals surface area contributed by atoms with Crippen LogP contribution in [0, 0.1) is 5.41 Å². The topological polar surface area (TPSA) is 138 Å². The van der Waals surface area contributed by atoms with Crippen LogP contribution in [0.2, 0.25) is 0 Å². The molecule has 1 amide bonds. The lowest BCUT2D eigenvalue weighted by Crippen LogP contribution is -2.19. The molecule has 0 saturated carbocycles. The van der Waals surface area contributed by atoms with Crippen LogP contribution >= 0.6 is 0 Å². The number of hydrogen-bond donors (Lipinski definition) is 3. The van der Waals surface area contributed by atoms with Crippen molar-refractivity contribution in [2.75, 3.05) is 5.32 Å². The summed E-state index contributed by atoms with van der Waals surface area (Å²) in [4.78, 5) is 33.8. The maximum atomic E-state index is 12.4. The van der Waals surface area contributed by atoms with E-state index in [-0.39, 0.29) is 11.3 Å². The van der Waals surface area contributed by atoms with Gasteiger partial charge in [0.1, 0.15) is 5.69 Å². The number of carbonyl (C=O) groups is 1. The number of aromatic amines is 2. The molecule has 37 heavy (non-hydrogen) atoms. The first-order valence-electron chi connectivity index (χ1n) is 11.8. The van der Waals surface area contributed by atoms with E-state index >= 15 is 0 Å². The number of nitrogens with zero attached hydrogens (tertiary/aromatic N) is 5. The van der Waals surface area contributed by atoms with Crippen molar-refractivity contribution in [1.29, 1.82) is 0 Å². The molecule has 0 bridgehead atoms. The molecule has 0 radical (unpaired) electrons. The molecule has 10 heteroatoms. The molecule has 3 N–H and O–H groups in total. The minimum atomic E-state index is -0.106. The summed E-state index contributed by atoms with van der Waals surface area (Å²) in [6.45, 7) is 6.08. The summed E-state index contributed by atoms with van der Waals surface area (Å²) in [7, 11) is 0. The van der Waals surface area contributed by atoms with Crippen LogP contribution < -0.4 is 5.32 Å². The SMILES string of the molecule is CC(C)(C)CC(=O)Nc1cncc(-c2cc3c(-c4nc5nccc(-c6ccoc6)c5[nH]4)n[nH]c3cn2)c1. The minimum absolute atomic E-state index is 0.0553. The number of fused-ring (bicyclic) bond motifs is 2. The number of nitrogens with one attached hydrogen (secondary N) is 3. The van der Waals surface area contributed by atoms with Gasteiger partial charge in [-0.1, -0.05) is 20.8 Å². The molecule has 6 rings (SSSR count). The van der Waals surface area contributed by atoms with E-state index in [0.29, 0.717) is 35.0 Å². The van der Waals surface area contributed by atoms with Crippen LogP contribution in [0.1, 0.15) is 27.2 Å². The molecule has 6 aromatic rings. The number of hydrogen-bond acceptors (Lipinski definition) is 7. The highest BCUT2D eigenvalue weighted by Gasteiger charge is 2.18. The second-order valence-electron chi connectivity index (χ2n) is 10.1. The Kier molecular flexibility index (Phi) is 5.29. The molecule has 0 aliphatic carbocycles. The highest BCUT2D eigenvalue weighted by atomic mass is 16.3. The first-order chi connectivity index (χ1) is 17.8. The summed E-state index contributed by atoms with van der Waals surface area (Å²) in [6.07, 6.45) is 10.5. The van der Waals surface area contributed by atoms with E-state index in [1.54, 1.807) is 37.3 Å². The van der Waals surface area contributed by atoms with Gasteiger partial charge in [-0.05, 0) is 29.7 Å². The summed E-state index contributed by atoms with van der Waals surface area (Å²) in [5.74, 6) is 0.531. The number of anilines is 1. The lowest BCUT2D eigenvalue weighted by Gasteiger charge is -2.17. The molecule has 0 fully saturated rings. The summed E-state index contributed by atoms with van der Waals surface area (Å²) in [6, 6.07) is 7.61. The predicted octanol–water partition coefficient (Wildman–Crippen LogP) is 5.59. The van der Waals surface area contributed by atoms with Crippen molar-refractivity contribution >= 4 is 33.7 Å². The first kappa shape index (κ1) is 22.6. The Morgan fingerprint density at radius 2 is 1.97 bits per heavy atom. The molecule has 0 saturated heterocycles. The average molecular weight is 493 g/mol. The number of H-pyrrole nitrogens is 2. The van der Waals surface area contributed by atoms with Gasteiger partial charge < -0.3 is 14.7 Å². The van der Waals surface area contributed by atoms with Gasteiger partial charge >= 0.3 is 0 Å². The number of pyridine rings is 3. The van der Waals surface area contributed by atoms with E-state index in [0.717, 1.165) is 33.1 Å². The van der Waals surface area contributed by atoms with Crippen molar-refractivity contribution in [3.63, 3.8) is 0 Å². The van der Waals surface area contributed by atoms with Crippen LogP contribution in [0.15, 0.2) is 66.0 Å². The summed E-state index contributed by atoms with van der Waals surface area (Å²) in [5.41, 5.74) is 6.66. The van der Waals surface area contributed by atoms with Gasteiger partial charge in [-0.2, -0.15) is 5.10 Å². The summed E-state index contributed by atoms with van der Waals surface area (Å²) in [5, 5.41) is 11.3.